The fourth-order valence-corrected chi connectivity index (χ4v) is 1.92. The van der Waals surface area contributed by atoms with Gasteiger partial charge in [0.15, 0.2) is 0 Å². The molecule has 0 aliphatic carbocycles. The first-order valence-corrected chi connectivity index (χ1v) is 5.77. The summed E-state index contributed by atoms with van der Waals surface area (Å²) < 4.78 is 0. The van der Waals surface area contributed by atoms with E-state index in [9.17, 15) is 0 Å². The minimum Gasteiger partial charge on any atom is -0.264 e. The molecule has 0 fully saturated rings. The third-order valence-electron chi connectivity index (χ3n) is 2.75. The van der Waals surface area contributed by atoms with Crippen LogP contribution in [0.4, 0.5) is 0 Å². The first-order valence-electron chi connectivity index (χ1n) is 5.77. The minimum absolute atomic E-state index is 0.952. The van der Waals surface area contributed by atoms with Crippen LogP contribution in [-0.4, -0.2) is 9.97 Å². The van der Waals surface area contributed by atoms with Gasteiger partial charge in [-0.25, -0.2) is 0 Å². The molecule has 2 heteroatoms. The summed E-state index contributed by atoms with van der Waals surface area (Å²) in [6.45, 7) is 0. The summed E-state index contributed by atoms with van der Waals surface area (Å²) in [6.07, 6.45) is 5.42. The fraction of sp³-hybridized carbons (Fsp3) is 0. The van der Waals surface area contributed by atoms with Crippen molar-refractivity contribution in [2.24, 2.45) is 0 Å². The van der Waals surface area contributed by atoms with Gasteiger partial charge in [0.1, 0.15) is 0 Å². The van der Waals surface area contributed by atoms with E-state index in [0.717, 1.165) is 22.4 Å². The lowest BCUT2D eigenvalue weighted by Gasteiger charge is -2.08. The molecule has 0 saturated heterocycles. The number of benzene rings is 1. The van der Waals surface area contributed by atoms with E-state index in [2.05, 4.69) is 22.1 Å². The summed E-state index contributed by atoms with van der Waals surface area (Å²) in [7, 11) is 0. The Kier molecular flexibility index (Phi) is 2.84. The molecule has 0 aliphatic rings. The Balaban J connectivity index is 2.18. The molecule has 0 saturated carbocycles. The van der Waals surface area contributed by atoms with Gasteiger partial charge in [0.25, 0.3) is 0 Å². The van der Waals surface area contributed by atoms with Gasteiger partial charge in [-0.1, -0.05) is 30.3 Å². The van der Waals surface area contributed by atoms with Gasteiger partial charge in [-0.2, -0.15) is 0 Å². The van der Waals surface area contributed by atoms with Crippen molar-refractivity contribution in [2.45, 2.75) is 0 Å². The Morgan fingerprint density at radius 3 is 2.67 bits per heavy atom. The molecule has 1 radical (unpaired) electrons. The number of hydrogen-bond acceptors (Lipinski definition) is 2. The van der Waals surface area contributed by atoms with Crippen molar-refractivity contribution in [1.29, 1.82) is 0 Å². The molecule has 0 aliphatic heterocycles. The quantitative estimate of drug-likeness (QED) is 0.673. The van der Waals surface area contributed by atoms with Crippen LogP contribution in [0.5, 0.6) is 0 Å². The first-order chi connectivity index (χ1) is 8.95. The molecule has 1 aromatic carbocycles. The lowest BCUT2D eigenvalue weighted by molar-refractivity contribution is 1.31. The van der Waals surface area contributed by atoms with Crippen molar-refractivity contribution in [1.82, 2.24) is 9.97 Å². The maximum Gasteiger partial charge on any atom is 0.0708 e. The average Bonchev–Trinajstić information content (AvgIpc) is 2.49. The lowest BCUT2D eigenvalue weighted by Crippen LogP contribution is -1.87. The van der Waals surface area contributed by atoms with Crippen LogP contribution in [0.3, 0.4) is 0 Å². The molecular formula is C16H11N2. The van der Waals surface area contributed by atoms with Gasteiger partial charge < -0.3 is 0 Å². The van der Waals surface area contributed by atoms with Crippen LogP contribution in [0.2, 0.25) is 0 Å². The summed E-state index contributed by atoms with van der Waals surface area (Å²) in [6, 6.07) is 19.1. The number of nitrogens with zero attached hydrogens (tertiary/aromatic N) is 2. The van der Waals surface area contributed by atoms with Gasteiger partial charge in [0, 0.05) is 35.3 Å². The first kappa shape index (κ1) is 10.7. The van der Waals surface area contributed by atoms with E-state index in [1.165, 1.54) is 0 Å². The van der Waals surface area contributed by atoms with Crippen LogP contribution >= 0.6 is 0 Å². The maximum atomic E-state index is 4.39. The lowest BCUT2D eigenvalue weighted by atomic mass is 9.99. The molecule has 0 amide bonds. The fourth-order valence-electron chi connectivity index (χ4n) is 1.92. The second-order valence-corrected chi connectivity index (χ2v) is 3.92. The number of aromatic nitrogens is 2. The van der Waals surface area contributed by atoms with Gasteiger partial charge in [0.05, 0.1) is 5.69 Å². The van der Waals surface area contributed by atoms with Gasteiger partial charge in [0.2, 0.25) is 0 Å². The SMILES string of the molecule is [c]1cccc(-c2ccccn2)c1-c1cccnc1. The molecule has 0 bridgehead atoms. The zero-order valence-corrected chi connectivity index (χ0v) is 9.75. The molecular weight excluding hydrogens is 220 g/mol. The molecule has 0 atom stereocenters. The highest BCUT2D eigenvalue weighted by Gasteiger charge is 2.07. The third kappa shape index (κ3) is 2.00. The van der Waals surface area contributed by atoms with E-state index in [1.54, 1.807) is 12.4 Å². The Bertz CT molecular complexity index is 575. The predicted molar refractivity (Wildman–Crippen MR) is 71.7 cm³/mol. The average molecular weight is 231 g/mol. The van der Waals surface area contributed by atoms with Crippen LogP contribution in [0.25, 0.3) is 22.4 Å². The highest BCUT2D eigenvalue weighted by molar-refractivity contribution is 5.80. The van der Waals surface area contributed by atoms with Crippen molar-refractivity contribution in [3.8, 4) is 22.4 Å². The molecule has 0 unspecified atom stereocenters. The maximum absolute atomic E-state index is 4.39. The highest BCUT2D eigenvalue weighted by Crippen LogP contribution is 2.29. The van der Waals surface area contributed by atoms with E-state index >= 15 is 0 Å². The monoisotopic (exact) mass is 231 g/mol. The molecule has 85 valence electrons. The minimum atomic E-state index is 0.952. The second-order valence-electron chi connectivity index (χ2n) is 3.92. The van der Waals surface area contributed by atoms with E-state index in [0.29, 0.717) is 0 Å². The van der Waals surface area contributed by atoms with Gasteiger partial charge >= 0.3 is 0 Å². The number of hydrogen-bond donors (Lipinski definition) is 0. The van der Waals surface area contributed by atoms with E-state index in [4.69, 9.17) is 0 Å². The highest BCUT2D eigenvalue weighted by atomic mass is 14.7. The van der Waals surface area contributed by atoms with E-state index in [1.807, 2.05) is 48.7 Å². The molecule has 2 heterocycles. The molecule has 2 aromatic heterocycles. The van der Waals surface area contributed by atoms with Crippen LogP contribution in [-0.2, 0) is 0 Å². The molecule has 3 aromatic rings. The number of rotatable bonds is 2. The largest absolute Gasteiger partial charge is 0.264 e. The standard InChI is InChI=1S/C16H11N2/c1-2-8-15(16-9-3-4-11-18-16)14(7-1)13-6-5-10-17-12-13/h1-6,8-12H. The van der Waals surface area contributed by atoms with Crippen LogP contribution in [0, 0.1) is 6.07 Å². The van der Waals surface area contributed by atoms with E-state index < -0.39 is 0 Å². The summed E-state index contributed by atoms with van der Waals surface area (Å²) in [5.41, 5.74) is 4.11. The van der Waals surface area contributed by atoms with Gasteiger partial charge in [-0.3, -0.25) is 9.97 Å². The zero-order valence-electron chi connectivity index (χ0n) is 9.75. The van der Waals surface area contributed by atoms with Gasteiger partial charge in [-0.15, -0.1) is 0 Å². The van der Waals surface area contributed by atoms with Crippen molar-refractivity contribution in [3.63, 3.8) is 0 Å². The smallest absolute Gasteiger partial charge is 0.0708 e. The summed E-state index contributed by atoms with van der Waals surface area (Å²) in [5, 5.41) is 0. The molecule has 0 spiro atoms. The van der Waals surface area contributed by atoms with E-state index in [-0.39, 0.29) is 0 Å². The van der Waals surface area contributed by atoms with Crippen molar-refractivity contribution in [2.75, 3.05) is 0 Å². The Morgan fingerprint density at radius 1 is 0.889 bits per heavy atom. The topological polar surface area (TPSA) is 25.8 Å². The zero-order chi connectivity index (χ0) is 12.2. The Morgan fingerprint density at radius 2 is 1.89 bits per heavy atom. The Labute approximate surface area is 106 Å². The van der Waals surface area contributed by atoms with Crippen LogP contribution in [0.1, 0.15) is 0 Å². The van der Waals surface area contributed by atoms with Crippen molar-refractivity contribution >= 4 is 0 Å². The summed E-state index contributed by atoms with van der Waals surface area (Å²) in [5.74, 6) is 0. The second kappa shape index (κ2) is 4.80. The molecule has 2 nitrogen and oxygen atoms in total. The molecule has 18 heavy (non-hydrogen) atoms. The third-order valence-corrected chi connectivity index (χ3v) is 2.75. The van der Waals surface area contributed by atoms with Gasteiger partial charge in [-0.05, 0) is 24.3 Å². The van der Waals surface area contributed by atoms with Crippen molar-refractivity contribution < 1.29 is 0 Å². The van der Waals surface area contributed by atoms with Crippen LogP contribution in [0.15, 0.2) is 67.1 Å². The number of pyridine rings is 2. The summed E-state index contributed by atoms with van der Waals surface area (Å²) in [4.78, 5) is 8.55. The normalized spacial score (nSPS) is 10.2. The summed E-state index contributed by atoms with van der Waals surface area (Å²) >= 11 is 0. The van der Waals surface area contributed by atoms with Crippen LogP contribution < -0.4 is 0 Å². The van der Waals surface area contributed by atoms with Crippen molar-refractivity contribution in [3.05, 3.63) is 73.2 Å². The Hall–Kier alpha value is -2.48. The molecule has 3 rings (SSSR count). The molecule has 0 N–H and O–H groups in total. The predicted octanol–water partition coefficient (Wildman–Crippen LogP) is 3.61.